The van der Waals surface area contributed by atoms with Gasteiger partial charge in [-0.05, 0) is 42.7 Å². The molecule has 0 aromatic carbocycles. The molecule has 1 N–H and O–H groups in total. The van der Waals surface area contributed by atoms with Gasteiger partial charge in [0.25, 0.3) is 0 Å². The van der Waals surface area contributed by atoms with E-state index in [1.807, 2.05) is 36.0 Å². The minimum absolute atomic E-state index is 0.177. The lowest BCUT2D eigenvalue weighted by atomic mass is 10.3. The normalized spacial score (nSPS) is 22.6. The minimum Gasteiger partial charge on any atom is -0.461 e. The van der Waals surface area contributed by atoms with Crippen molar-refractivity contribution in [2.75, 3.05) is 34.8 Å². The lowest BCUT2D eigenvalue weighted by molar-refractivity contribution is -0.111. The number of carbonyl (C=O) groups is 1. The molecular weight excluding hydrogens is 346 g/mol. The minimum atomic E-state index is -0.177. The highest BCUT2D eigenvalue weighted by atomic mass is 32.2. The molecule has 3 heterocycles. The fourth-order valence-corrected chi connectivity index (χ4v) is 4.13. The van der Waals surface area contributed by atoms with Crippen molar-refractivity contribution in [3.8, 4) is 0 Å². The number of anilines is 2. The van der Waals surface area contributed by atoms with Crippen LogP contribution in [0.15, 0.2) is 41.0 Å². The second kappa shape index (κ2) is 7.58. The van der Waals surface area contributed by atoms with Gasteiger partial charge in [0.15, 0.2) is 5.82 Å². The summed E-state index contributed by atoms with van der Waals surface area (Å²) in [5.74, 6) is 5.84. The lowest BCUT2D eigenvalue weighted by Gasteiger charge is -2.28. The summed E-state index contributed by atoms with van der Waals surface area (Å²) in [6.45, 7) is 4.13. The van der Waals surface area contributed by atoms with Crippen molar-refractivity contribution in [2.24, 2.45) is 5.92 Å². The van der Waals surface area contributed by atoms with Crippen molar-refractivity contribution in [1.29, 1.82) is 0 Å². The average Bonchev–Trinajstić information content (AvgIpc) is 3.21. The quantitative estimate of drug-likeness (QED) is 0.807. The van der Waals surface area contributed by atoms with Crippen molar-refractivity contribution >= 4 is 35.3 Å². The van der Waals surface area contributed by atoms with Crippen LogP contribution in [0.4, 0.5) is 11.5 Å². The van der Waals surface area contributed by atoms with Gasteiger partial charge in [-0.3, -0.25) is 4.79 Å². The Morgan fingerprint density at radius 3 is 2.92 bits per heavy atom. The van der Waals surface area contributed by atoms with Crippen LogP contribution in [0.1, 0.15) is 30.8 Å². The number of nitrogens with one attached hydrogen (secondary N) is 1. The molecule has 1 saturated carbocycles. The first-order valence-electron chi connectivity index (χ1n) is 9.07. The van der Waals surface area contributed by atoms with E-state index in [0.29, 0.717) is 17.6 Å². The van der Waals surface area contributed by atoms with Gasteiger partial charge >= 0.3 is 0 Å². The number of carbonyl (C=O) groups excluding carboxylic acids is 1. The van der Waals surface area contributed by atoms with Gasteiger partial charge in [0.05, 0.1) is 5.69 Å². The lowest BCUT2D eigenvalue weighted by Crippen LogP contribution is -2.33. The molecule has 6 heteroatoms. The van der Waals surface area contributed by atoms with E-state index < -0.39 is 0 Å². The Morgan fingerprint density at radius 2 is 2.15 bits per heavy atom. The van der Waals surface area contributed by atoms with E-state index in [0.717, 1.165) is 41.9 Å². The van der Waals surface area contributed by atoms with Crippen LogP contribution in [0.5, 0.6) is 0 Å². The molecule has 2 unspecified atom stereocenters. The number of furan rings is 1. The van der Waals surface area contributed by atoms with Gasteiger partial charge in [0, 0.05) is 42.8 Å². The molecule has 1 saturated heterocycles. The second-order valence-corrected chi connectivity index (χ2v) is 8.08. The van der Waals surface area contributed by atoms with Gasteiger partial charge in [-0.15, -0.1) is 0 Å². The highest BCUT2D eigenvalue weighted by molar-refractivity contribution is 7.99. The van der Waals surface area contributed by atoms with Gasteiger partial charge in [0.2, 0.25) is 5.91 Å². The maximum Gasteiger partial charge on any atom is 0.248 e. The number of amides is 1. The number of aromatic nitrogens is 1. The van der Waals surface area contributed by atoms with Crippen molar-refractivity contribution in [2.45, 2.75) is 19.3 Å². The van der Waals surface area contributed by atoms with Crippen LogP contribution in [0, 0.1) is 5.92 Å². The zero-order chi connectivity index (χ0) is 17.9. The monoisotopic (exact) mass is 369 g/mol. The molecule has 1 aliphatic heterocycles. The number of pyridine rings is 1. The van der Waals surface area contributed by atoms with Crippen LogP contribution in [-0.4, -0.2) is 35.5 Å². The summed E-state index contributed by atoms with van der Waals surface area (Å²) in [4.78, 5) is 19.0. The van der Waals surface area contributed by atoms with Crippen LogP contribution in [0.3, 0.4) is 0 Å². The molecular formula is C20H23N3O2S. The molecule has 1 aliphatic carbocycles. The van der Waals surface area contributed by atoms with E-state index >= 15 is 0 Å². The molecule has 1 amide bonds. The van der Waals surface area contributed by atoms with Crippen LogP contribution < -0.4 is 10.2 Å². The number of nitrogens with zero attached hydrogens (tertiary/aromatic N) is 2. The third-order valence-corrected chi connectivity index (χ3v) is 5.82. The van der Waals surface area contributed by atoms with Crippen LogP contribution in [0.25, 0.3) is 6.08 Å². The Labute approximate surface area is 157 Å². The summed E-state index contributed by atoms with van der Waals surface area (Å²) < 4.78 is 5.81. The molecule has 0 radical (unpaired) electrons. The Bertz CT molecular complexity index is 811. The van der Waals surface area contributed by atoms with E-state index in [1.165, 1.54) is 12.5 Å². The summed E-state index contributed by atoms with van der Waals surface area (Å²) >= 11 is 1.95. The maximum absolute atomic E-state index is 12.3. The third kappa shape index (κ3) is 3.96. The van der Waals surface area contributed by atoms with Gasteiger partial charge in [0.1, 0.15) is 11.5 Å². The standard InChI is InChI=1S/C20H23N3O2S/c1-14-13-16(14)18-6-4-15(25-18)5-7-19(24)22-17-3-2-8-21-20(17)23-9-11-26-12-10-23/h2-8,14,16H,9-13H2,1H3,(H,22,24). The molecule has 5 nitrogen and oxygen atoms in total. The fourth-order valence-electron chi connectivity index (χ4n) is 3.23. The summed E-state index contributed by atoms with van der Waals surface area (Å²) in [5, 5.41) is 2.95. The number of hydrogen-bond donors (Lipinski definition) is 1. The maximum atomic E-state index is 12.3. The summed E-state index contributed by atoms with van der Waals surface area (Å²) in [6.07, 6.45) is 6.20. The van der Waals surface area contributed by atoms with E-state index in [1.54, 1.807) is 12.3 Å². The first-order chi connectivity index (χ1) is 12.7. The second-order valence-electron chi connectivity index (χ2n) is 6.86. The summed E-state index contributed by atoms with van der Waals surface area (Å²) in [6, 6.07) is 7.68. The Kier molecular flexibility index (Phi) is 5.02. The van der Waals surface area contributed by atoms with Gasteiger partial charge in [-0.1, -0.05) is 6.92 Å². The molecule has 0 bridgehead atoms. The van der Waals surface area contributed by atoms with Crippen LogP contribution in [-0.2, 0) is 4.79 Å². The molecule has 0 spiro atoms. The first-order valence-corrected chi connectivity index (χ1v) is 10.2. The molecule has 2 aromatic rings. The Balaban J connectivity index is 1.41. The predicted octanol–water partition coefficient (Wildman–Crippen LogP) is 4.00. The van der Waals surface area contributed by atoms with Crippen molar-refractivity contribution < 1.29 is 9.21 Å². The van der Waals surface area contributed by atoms with E-state index in [-0.39, 0.29) is 5.91 Å². The molecule has 2 aromatic heterocycles. The number of thioether (sulfide) groups is 1. The first kappa shape index (κ1) is 17.2. The predicted molar refractivity (Wildman–Crippen MR) is 107 cm³/mol. The average molecular weight is 369 g/mol. The molecule has 2 fully saturated rings. The molecule has 2 aliphatic rings. The molecule has 26 heavy (non-hydrogen) atoms. The van der Waals surface area contributed by atoms with Crippen molar-refractivity contribution in [1.82, 2.24) is 4.98 Å². The van der Waals surface area contributed by atoms with Crippen LogP contribution in [0.2, 0.25) is 0 Å². The van der Waals surface area contributed by atoms with Gasteiger partial charge in [-0.2, -0.15) is 11.8 Å². The Morgan fingerprint density at radius 1 is 1.35 bits per heavy atom. The molecule has 136 valence electrons. The largest absolute Gasteiger partial charge is 0.461 e. The van der Waals surface area contributed by atoms with Crippen molar-refractivity contribution in [3.63, 3.8) is 0 Å². The molecule has 2 atom stereocenters. The number of hydrogen-bond acceptors (Lipinski definition) is 5. The van der Waals surface area contributed by atoms with E-state index in [9.17, 15) is 4.79 Å². The molecule has 4 rings (SSSR count). The zero-order valence-electron chi connectivity index (χ0n) is 14.9. The third-order valence-electron chi connectivity index (χ3n) is 4.88. The smallest absolute Gasteiger partial charge is 0.248 e. The Hall–Kier alpha value is -2.21. The van der Waals surface area contributed by atoms with Gasteiger partial charge in [-0.25, -0.2) is 4.98 Å². The summed E-state index contributed by atoms with van der Waals surface area (Å²) in [5.41, 5.74) is 0.751. The van der Waals surface area contributed by atoms with Gasteiger partial charge < -0.3 is 14.6 Å². The van der Waals surface area contributed by atoms with E-state index in [4.69, 9.17) is 4.42 Å². The topological polar surface area (TPSA) is 58.4 Å². The zero-order valence-corrected chi connectivity index (χ0v) is 15.7. The van der Waals surface area contributed by atoms with Crippen LogP contribution >= 0.6 is 11.8 Å². The van der Waals surface area contributed by atoms with E-state index in [2.05, 4.69) is 22.1 Å². The van der Waals surface area contributed by atoms with Crippen molar-refractivity contribution in [3.05, 3.63) is 48.1 Å². The highest BCUT2D eigenvalue weighted by Crippen LogP contribution is 2.47. The fraction of sp³-hybridized carbons (Fsp3) is 0.400. The SMILES string of the molecule is CC1CC1c1ccc(C=CC(=O)Nc2cccnc2N2CCSCC2)o1. The number of rotatable bonds is 5. The summed E-state index contributed by atoms with van der Waals surface area (Å²) in [7, 11) is 0. The highest BCUT2D eigenvalue weighted by Gasteiger charge is 2.36.